The van der Waals surface area contributed by atoms with Crippen molar-refractivity contribution in [3.63, 3.8) is 0 Å². The van der Waals surface area contributed by atoms with E-state index in [0.717, 1.165) is 16.7 Å². The Labute approximate surface area is 199 Å². The van der Waals surface area contributed by atoms with Crippen molar-refractivity contribution in [3.05, 3.63) is 89.0 Å². The van der Waals surface area contributed by atoms with Crippen LogP contribution < -0.4 is 19.5 Å². The average molecular weight is 461 g/mol. The van der Waals surface area contributed by atoms with E-state index in [1.807, 2.05) is 60.7 Å². The van der Waals surface area contributed by atoms with E-state index in [2.05, 4.69) is 5.32 Å². The van der Waals surface area contributed by atoms with Crippen LogP contribution in [-0.4, -0.2) is 44.6 Å². The van der Waals surface area contributed by atoms with Crippen molar-refractivity contribution in [2.45, 2.75) is 19.0 Å². The Kier molecular flexibility index (Phi) is 7.01. The van der Waals surface area contributed by atoms with Gasteiger partial charge in [0.05, 0.1) is 21.3 Å². The fourth-order valence-electron chi connectivity index (χ4n) is 4.37. The van der Waals surface area contributed by atoms with E-state index in [0.29, 0.717) is 42.3 Å². The predicted molar refractivity (Wildman–Crippen MR) is 128 cm³/mol. The highest BCUT2D eigenvalue weighted by Gasteiger charge is 2.37. The molecule has 176 valence electrons. The van der Waals surface area contributed by atoms with E-state index in [1.165, 1.54) is 0 Å². The van der Waals surface area contributed by atoms with Crippen LogP contribution in [0.15, 0.2) is 66.7 Å². The summed E-state index contributed by atoms with van der Waals surface area (Å²) in [5.74, 6) is 1.29. The minimum absolute atomic E-state index is 0.138. The van der Waals surface area contributed by atoms with Gasteiger partial charge >= 0.3 is 0 Å². The molecular formula is C27H28N2O5. The minimum Gasteiger partial charge on any atom is -0.493 e. The number of fused-ring (bicyclic) bond motifs is 1. The first-order valence-corrected chi connectivity index (χ1v) is 11.1. The Bertz CT molecular complexity index is 1180. The molecule has 34 heavy (non-hydrogen) atoms. The maximum absolute atomic E-state index is 13.4. The summed E-state index contributed by atoms with van der Waals surface area (Å²) in [7, 11) is 4.70. The molecule has 1 atom stereocenters. The number of nitrogens with one attached hydrogen (secondary N) is 1. The van der Waals surface area contributed by atoms with E-state index in [1.54, 1.807) is 32.3 Å². The molecule has 1 N–H and O–H groups in total. The Morgan fingerprint density at radius 3 is 2.29 bits per heavy atom. The highest BCUT2D eigenvalue weighted by Crippen LogP contribution is 2.40. The van der Waals surface area contributed by atoms with Crippen molar-refractivity contribution < 1.29 is 23.8 Å². The summed E-state index contributed by atoms with van der Waals surface area (Å²) in [5.41, 5.74) is 3.22. The van der Waals surface area contributed by atoms with Crippen molar-refractivity contribution in [3.8, 4) is 17.2 Å². The molecule has 0 saturated heterocycles. The van der Waals surface area contributed by atoms with Gasteiger partial charge in [-0.05, 0) is 29.7 Å². The van der Waals surface area contributed by atoms with Crippen LogP contribution in [0, 0.1) is 0 Å². The molecule has 0 fully saturated rings. The number of benzene rings is 3. The van der Waals surface area contributed by atoms with Gasteiger partial charge in [0.1, 0.15) is 6.04 Å². The fraction of sp³-hybridized carbons (Fsp3) is 0.259. The third-order valence-electron chi connectivity index (χ3n) is 6.00. The van der Waals surface area contributed by atoms with Crippen LogP contribution >= 0.6 is 0 Å². The molecule has 0 radical (unpaired) electrons. The molecule has 0 bridgehead atoms. The number of nitrogens with zero attached hydrogens (tertiary/aromatic N) is 1. The standard InChI is InChI=1S/C27H28N2O5/c1-32-22-14-13-19(24(33-2)25(22)34-3)15-16-28-26(30)23(18-9-5-4-6-10-18)29-17-20-11-7-8-12-21(20)27(29)31/h4-14,23H,15-17H2,1-3H3,(H,28,30). The normalized spacial score (nSPS) is 13.3. The average Bonchev–Trinajstić information content (AvgIpc) is 3.20. The minimum atomic E-state index is -0.728. The zero-order valence-corrected chi connectivity index (χ0v) is 19.5. The van der Waals surface area contributed by atoms with E-state index in [-0.39, 0.29) is 11.8 Å². The lowest BCUT2D eigenvalue weighted by Gasteiger charge is -2.27. The van der Waals surface area contributed by atoms with Crippen LogP contribution in [0.1, 0.15) is 33.1 Å². The Hall–Kier alpha value is -4.00. The van der Waals surface area contributed by atoms with Gasteiger partial charge in [-0.25, -0.2) is 0 Å². The number of amides is 2. The van der Waals surface area contributed by atoms with Crippen molar-refractivity contribution in [1.82, 2.24) is 10.2 Å². The maximum atomic E-state index is 13.4. The molecule has 3 aromatic rings. The summed E-state index contributed by atoms with van der Waals surface area (Å²) in [4.78, 5) is 28.2. The number of rotatable bonds is 9. The Morgan fingerprint density at radius 1 is 0.912 bits per heavy atom. The van der Waals surface area contributed by atoms with Crippen LogP contribution in [-0.2, 0) is 17.8 Å². The number of carbonyl (C=O) groups excluding carboxylic acids is 2. The molecule has 7 nitrogen and oxygen atoms in total. The third-order valence-corrected chi connectivity index (χ3v) is 6.00. The first-order chi connectivity index (χ1) is 16.6. The second-order valence-corrected chi connectivity index (χ2v) is 7.94. The summed E-state index contributed by atoms with van der Waals surface area (Å²) < 4.78 is 16.3. The molecule has 1 aliphatic rings. The van der Waals surface area contributed by atoms with Crippen LogP contribution in [0.5, 0.6) is 17.2 Å². The first kappa shape index (κ1) is 23.2. The summed E-state index contributed by atoms with van der Waals surface area (Å²) >= 11 is 0. The predicted octanol–water partition coefficient (Wildman–Crippen LogP) is 3.77. The SMILES string of the molecule is COc1ccc(CCNC(=O)C(c2ccccc2)N2Cc3ccccc3C2=O)c(OC)c1OC. The molecule has 1 heterocycles. The number of carbonyl (C=O) groups is 2. The molecule has 0 aromatic heterocycles. The molecular weight excluding hydrogens is 432 g/mol. The highest BCUT2D eigenvalue weighted by atomic mass is 16.5. The summed E-state index contributed by atoms with van der Waals surface area (Å²) in [6.45, 7) is 0.758. The molecule has 7 heteroatoms. The van der Waals surface area contributed by atoms with Crippen molar-refractivity contribution in [1.29, 1.82) is 0 Å². The first-order valence-electron chi connectivity index (χ1n) is 11.1. The lowest BCUT2D eigenvalue weighted by molar-refractivity contribution is -0.125. The van der Waals surface area contributed by atoms with Gasteiger partial charge < -0.3 is 24.4 Å². The van der Waals surface area contributed by atoms with Crippen molar-refractivity contribution in [2.75, 3.05) is 27.9 Å². The van der Waals surface area contributed by atoms with Crippen LogP contribution in [0.4, 0.5) is 0 Å². The van der Waals surface area contributed by atoms with E-state index in [4.69, 9.17) is 14.2 Å². The zero-order valence-electron chi connectivity index (χ0n) is 19.5. The molecule has 0 saturated carbocycles. The molecule has 3 aromatic carbocycles. The molecule has 0 aliphatic carbocycles. The number of ether oxygens (including phenoxy) is 3. The highest BCUT2D eigenvalue weighted by molar-refractivity contribution is 6.01. The number of hydrogen-bond donors (Lipinski definition) is 1. The second-order valence-electron chi connectivity index (χ2n) is 7.94. The van der Waals surface area contributed by atoms with Crippen molar-refractivity contribution in [2.24, 2.45) is 0 Å². The molecule has 1 unspecified atom stereocenters. The quantitative estimate of drug-likeness (QED) is 0.526. The van der Waals surface area contributed by atoms with E-state index in [9.17, 15) is 9.59 Å². The van der Waals surface area contributed by atoms with Crippen LogP contribution in [0.2, 0.25) is 0 Å². The summed E-state index contributed by atoms with van der Waals surface area (Å²) in [6.07, 6.45) is 0.519. The number of methoxy groups -OCH3 is 3. The summed E-state index contributed by atoms with van der Waals surface area (Å²) in [5, 5.41) is 3.01. The number of hydrogen-bond acceptors (Lipinski definition) is 5. The van der Waals surface area contributed by atoms with E-state index >= 15 is 0 Å². The lowest BCUT2D eigenvalue weighted by Crippen LogP contribution is -2.41. The Balaban J connectivity index is 1.53. The van der Waals surface area contributed by atoms with Gasteiger partial charge in [0, 0.05) is 24.2 Å². The third kappa shape index (κ3) is 4.41. The van der Waals surface area contributed by atoms with Gasteiger partial charge in [-0.1, -0.05) is 54.6 Å². The molecule has 4 rings (SSSR count). The van der Waals surface area contributed by atoms with Gasteiger partial charge in [0.25, 0.3) is 5.91 Å². The second kappa shape index (κ2) is 10.3. The molecule has 2 amide bonds. The van der Waals surface area contributed by atoms with Crippen molar-refractivity contribution >= 4 is 11.8 Å². The van der Waals surface area contributed by atoms with Crippen LogP contribution in [0.25, 0.3) is 0 Å². The van der Waals surface area contributed by atoms with Gasteiger partial charge in [-0.15, -0.1) is 0 Å². The van der Waals surface area contributed by atoms with Gasteiger partial charge in [-0.3, -0.25) is 9.59 Å². The van der Waals surface area contributed by atoms with E-state index < -0.39 is 6.04 Å². The monoisotopic (exact) mass is 460 g/mol. The maximum Gasteiger partial charge on any atom is 0.255 e. The van der Waals surface area contributed by atoms with Gasteiger partial charge in [0.15, 0.2) is 11.5 Å². The van der Waals surface area contributed by atoms with Gasteiger partial charge in [0.2, 0.25) is 11.7 Å². The topological polar surface area (TPSA) is 77.1 Å². The lowest BCUT2D eigenvalue weighted by atomic mass is 10.0. The summed E-state index contributed by atoms with van der Waals surface area (Å²) in [6, 6.07) is 19.8. The fourth-order valence-corrected chi connectivity index (χ4v) is 4.37. The molecule has 1 aliphatic heterocycles. The Morgan fingerprint density at radius 2 is 1.62 bits per heavy atom. The van der Waals surface area contributed by atoms with Gasteiger partial charge in [-0.2, -0.15) is 0 Å². The largest absolute Gasteiger partial charge is 0.493 e. The zero-order chi connectivity index (χ0) is 24.1. The van der Waals surface area contributed by atoms with Crippen LogP contribution in [0.3, 0.4) is 0 Å². The smallest absolute Gasteiger partial charge is 0.255 e. The molecule has 0 spiro atoms.